The summed E-state index contributed by atoms with van der Waals surface area (Å²) < 4.78 is 12.6. The zero-order valence-electron chi connectivity index (χ0n) is 24.0. The van der Waals surface area contributed by atoms with E-state index in [0.29, 0.717) is 31.0 Å². The van der Waals surface area contributed by atoms with Gasteiger partial charge in [-0.3, -0.25) is 4.79 Å². The van der Waals surface area contributed by atoms with Crippen LogP contribution in [0, 0.1) is 5.92 Å². The number of nitrogens with one attached hydrogen (secondary N) is 1. The summed E-state index contributed by atoms with van der Waals surface area (Å²) in [7, 11) is 5.63. The molecular formula is C28H48N4O5. The molecule has 2 N–H and O–H groups in total. The van der Waals surface area contributed by atoms with Crippen LogP contribution in [0.15, 0.2) is 18.2 Å². The Bertz CT molecular complexity index is 878. The number of urea groups is 1. The number of aliphatic hydroxyl groups is 1. The van der Waals surface area contributed by atoms with Crippen molar-refractivity contribution in [1.29, 1.82) is 0 Å². The van der Waals surface area contributed by atoms with Gasteiger partial charge in [-0.05, 0) is 65.2 Å². The van der Waals surface area contributed by atoms with Crippen molar-refractivity contribution in [3.05, 3.63) is 23.8 Å². The molecule has 2 rings (SSSR count). The van der Waals surface area contributed by atoms with Crippen LogP contribution in [-0.2, 0) is 4.74 Å². The number of hydrogen-bond acceptors (Lipinski definition) is 6. The van der Waals surface area contributed by atoms with Gasteiger partial charge < -0.3 is 34.6 Å². The minimum absolute atomic E-state index is 0.0344. The van der Waals surface area contributed by atoms with Gasteiger partial charge in [0.2, 0.25) is 0 Å². The minimum Gasteiger partial charge on any atom is -0.490 e. The number of amides is 3. The topological polar surface area (TPSA) is 94.6 Å². The Balaban J connectivity index is 2.43. The normalized spacial score (nSPS) is 22.5. The Labute approximate surface area is 223 Å². The number of hydrogen-bond donors (Lipinski definition) is 2. The van der Waals surface area contributed by atoms with Crippen molar-refractivity contribution in [2.75, 3.05) is 52.3 Å². The predicted octanol–water partition coefficient (Wildman–Crippen LogP) is 3.60. The molecule has 0 aliphatic carbocycles. The van der Waals surface area contributed by atoms with E-state index in [1.54, 1.807) is 16.8 Å². The average molecular weight is 521 g/mol. The largest absolute Gasteiger partial charge is 0.490 e. The van der Waals surface area contributed by atoms with Gasteiger partial charge in [0.1, 0.15) is 5.75 Å². The number of rotatable bonds is 6. The van der Waals surface area contributed by atoms with Crippen LogP contribution in [0.1, 0.15) is 64.2 Å². The van der Waals surface area contributed by atoms with E-state index in [4.69, 9.17) is 9.47 Å². The first kappa shape index (κ1) is 30.7. The molecule has 0 saturated heterocycles. The van der Waals surface area contributed by atoms with Crippen molar-refractivity contribution in [2.24, 2.45) is 5.92 Å². The molecule has 0 bridgehead atoms. The van der Waals surface area contributed by atoms with Crippen LogP contribution in [0.5, 0.6) is 5.75 Å². The van der Waals surface area contributed by atoms with E-state index < -0.39 is 6.04 Å². The Morgan fingerprint density at radius 1 is 1.19 bits per heavy atom. The fourth-order valence-electron chi connectivity index (χ4n) is 4.36. The van der Waals surface area contributed by atoms with Gasteiger partial charge in [0.25, 0.3) is 5.91 Å². The monoisotopic (exact) mass is 520 g/mol. The van der Waals surface area contributed by atoms with Crippen LogP contribution in [0.4, 0.5) is 10.5 Å². The van der Waals surface area contributed by atoms with E-state index in [-0.39, 0.29) is 42.7 Å². The van der Waals surface area contributed by atoms with Gasteiger partial charge in [-0.2, -0.15) is 0 Å². The SMILES string of the molecule is CC(C)NC(=O)N(C)C[C@@H]1OCCCC[C@@H](C)Oc2ccc(N(C)C)cc2C(=O)N([C@H](C)CO)C[C@@H]1C. The van der Waals surface area contributed by atoms with Crippen molar-refractivity contribution < 1.29 is 24.2 Å². The standard InChI is InChI=1S/C28H48N4O5/c1-19(2)29-28(35)31(8)17-26-20(3)16-32(21(4)18-33)27(34)24-15-23(30(6)7)12-13-25(24)37-22(5)11-9-10-14-36-26/h12-13,15,19-22,26,33H,9-11,14,16-18H2,1-8H3,(H,29,35)/t20-,21+,22+,26-/m0/s1. The molecule has 9 heteroatoms. The molecule has 1 aromatic rings. The Hall–Kier alpha value is -2.52. The third-order valence-electron chi connectivity index (χ3n) is 6.76. The highest BCUT2D eigenvalue weighted by molar-refractivity contribution is 5.98. The molecule has 0 saturated carbocycles. The second-order valence-electron chi connectivity index (χ2n) is 10.9. The first-order chi connectivity index (χ1) is 17.4. The smallest absolute Gasteiger partial charge is 0.317 e. The highest BCUT2D eigenvalue weighted by atomic mass is 16.5. The van der Waals surface area contributed by atoms with Crippen molar-refractivity contribution >= 4 is 17.6 Å². The number of carbonyl (C=O) groups excluding carboxylic acids is 2. The summed E-state index contributed by atoms with van der Waals surface area (Å²) in [5, 5.41) is 13.0. The lowest BCUT2D eigenvalue weighted by Crippen LogP contribution is -2.49. The summed E-state index contributed by atoms with van der Waals surface area (Å²) in [5.41, 5.74) is 1.38. The number of carbonyl (C=O) groups is 2. The van der Waals surface area contributed by atoms with Gasteiger partial charge in [0, 0.05) is 58.5 Å². The zero-order valence-corrected chi connectivity index (χ0v) is 24.0. The van der Waals surface area contributed by atoms with Gasteiger partial charge in [0.15, 0.2) is 0 Å². The van der Waals surface area contributed by atoms with E-state index in [1.165, 1.54) is 0 Å². The highest BCUT2D eigenvalue weighted by Gasteiger charge is 2.31. The molecule has 0 unspecified atom stereocenters. The number of aliphatic hydroxyl groups excluding tert-OH is 1. The lowest BCUT2D eigenvalue weighted by molar-refractivity contribution is -0.0122. The van der Waals surface area contributed by atoms with Crippen molar-refractivity contribution in [2.45, 2.75) is 78.2 Å². The van der Waals surface area contributed by atoms with E-state index in [1.807, 2.05) is 71.8 Å². The van der Waals surface area contributed by atoms with Crippen LogP contribution in [-0.4, -0.2) is 98.6 Å². The second kappa shape index (κ2) is 14.4. The third-order valence-corrected chi connectivity index (χ3v) is 6.76. The van der Waals surface area contributed by atoms with Gasteiger partial charge >= 0.3 is 6.03 Å². The Kier molecular flexibility index (Phi) is 12.0. The number of nitrogens with zero attached hydrogens (tertiary/aromatic N) is 3. The summed E-state index contributed by atoms with van der Waals surface area (Å²) in [6, 6.07) is 5.15. The van der Waals surface area contributed by atoms with Gasteiger partial charge in [-0.1, -0.05) is 6.92 Å². The number of likely N-dealkylation sites (N-methyl/N-ethyl adjacent to an activating group) is 1. The molecule has 1 heterocycles. The Morgan fingerprint density at radius 3 is 2.51 bits per heavy atom. The van der Waals surface area contributed by atoms with Gasteiger partial charge in [0.05, 0.1) is 30.4 Å². The average Bonchev–Trinajstić information content (AvgIpc) is 2.84. The quantitative estimate of drug-likeness (QED) is 0.595. The number of anilines is 1. The van der Waals surface area contributed by atoms with Crippen LogP contribution in [0.25, 0.3) is 0 Å². The number of ether oxygens (including phenoxy) is 2. The minimum atomic E-state index is -0.404. The second-order valence-corrected chi connectivity index (χ2v) is 10.9. The molecule has 0 radical (unpaired) electrons. The van der Waals surface area contributed by atoms with Crippen molar-refractivity contribution in [3.63, 3.8) is 0 Å². The first-order valence-electron chi connectivity index (χ1n) is 13.5. The number of fused-ring (bicyclic) bond motifs is 1. The maximum Gasteiger partial charge on any atom is 0.317 e. The van der Waals surface area contributed by atoms with Gasteiger partial charge in [-0.25, -0.2) is 4.79 Å². The lowest BCUT2D eigenvalue weighted by atomic mass is 10.0. The summed E-state index contributed by atoms with van der Waals surface area (Å²) in [6.45, 7) is 10.9. The number of benzene rings is 1. The maximum absolute atomic E-state index is 14.0. The lowest BCUT2D eigenvalue weighted by Gasteiger charge is -2.36. The van der Waals surface area contributed by atoms with Gasteiger partial charge in [-0.15, -0.1) is 0 Å². The van der Waals surface area contributed by atoms with Crippen LogP contribution in [0.3, 0.4) is 0 Å². The zero-order chi connectivity index (χ0) is 27.7. The molecule has 0 aromatic heterocycles. The third kappa shape index (κ3) is 9.07. The molecule has 4 atom stereocenters. The van der Waals surface area contributed by atoms with Crippen LogP contribution < -0.4 is 15.0 Å². The van der Waals surface area contributed by atoms with E-state index in [0.717, 1.165) is 24.9 Å². The van der Waals surface area contributed by atoms with E-state index >= 15 is 0 Å². The predicted molar refractivity (Wildman–Crippen MR) is 147 cm³/mol. The van der Waals surface area contributed by atoms with Crippen LogP contribution >= 0.6 is 0 Å². The Morgan fingerprint density at radius 2 is 1.89 bits per heavy atom. The fraction of sp³-hybridized carbons (Fsp3) is 0.714. The molecule has 0 spiro atoms. The molecule has 37 heavy (non-hydrogen) atoms. The van der Waals surface area contributed by atoms with Crippen LogP contribution in [0.2, 0.25) is 0 Å². The maximum atomic E-state index is 14.0. The molecule has 1 aliphatic heterocycles. The van der Waals surface area contributed by atoms with Crippen molar-refractivity contribution in [1.82, 2.24) is 15.1 Å². The first-order valence-corrected chi connectivity index (χ1v) is 13.5. The molecule has 3 amide bonds. The molecular weight excluding hydrogens is 472 g/mol. The summed E-state index contributed by atoms with van der Waals surface area (Å²) in [6.07, 6.45) is 2.30. The molecule has 210 valence electrons. The molecule has 1 aromatic carbocycles. The van der Waals surface area contributed by atoms with E-state index in [9.17, 15) is 14.7 Å². The van der Waals surface area contributed by atoms with Crippen molar-refractivity contribution in [3.8, 4) is 5.75 Å². The molecule has 0 fully saturated rings. The van der Waals surface area contributed by atoms with E-state index in [2.05, 4.69) is 5.32 Å². The summed E-state index contributed by atoms with van der Waals surface area (Å²) >= 11 is 0. The summed E-state index contributed by atoms with van der Waals surface area (Å²) in [4.78, 5) is 31.9. The molecule has 1 aliphatic rings. The summed E-state index contributed by atoms with van der Waals surface area (Å²) in [5.74, 6) is 0.275. The fourth-order valence-corrected chi connectivity index (χ4v) is 4.36. The highest BCUT2D eigenvalue weighted by Crippen LogP contribution is 2.29. The molecule has 9 nitrogen and oxygen atoms in total.